The number of thiophene rings is 1. The summed E-state index contributed by atoms with van der Waals surface area (Å²) in [4.78, 5) is 2.59. The fourth-order valence-electron chi connectivity index (χ4n) is 2.29. The predicted octanol–water partition coefficient (Wildman–Crippen LogP) is 3.10. The van der Waals surface area contributed by atoms with Gasteiger partial charge in [0.15, 0.2) is 0 Å². The van der Waals surface area contributed by atoms with Crippen molar-refractivity contribution >= 4 is 11.3 Å². The van der Waals surface area contributed by atoms with Crippen molar-refractivity contribution < 1.29 is 4.42 Å². The molecule has 102 valence electrons. The average molecular weight is 276 g/mol. The van der Waals surface area contributed by atoms with E-state index in [9.17, 15) is 0 Å². The van der Waals surface area contributed by atoms with Gasteiger partial charge in [0, 0.05) is 25.7 Å². The molecule has 3 rings (SSSR count). The number of hydrogen-bond donors (Lipinski definition) is 1. The van der Waals surface area contributed by atoms with E-state index in [-0.39, 0.29) is 0 Å². The predicted molar refractivity (Wildman–Crippen MR) is 78.2 cm³/mol. The molecule has 19 heavy (non-hydrogen) atoms. The first-order valence-corrected chi connectivity index (χ1v) is 7.84. The van der Waals surface area contributed by atoms with Crippen LogP contribution in [0.25, 0.3) is 0 Å². The first kappa shape index (κ1) is 12.9. The van der Waals surface area contributed by atoms with Crippen LogP contribution >= 0.6 is 11.3 Å². The van der Waals surface area contributed by atoms with Crippen molar-refractivity contribution in [3.05, 3.63) is 46.5 Å². The van der Waals surface area contributed by atoms with Crippen molar-refractivity contribution in [3.8, 4) is 0 Å². The van der Waals surface area contributed by atoms with E-state index in [4.69, 9.17) is 4.42 Å². The lowest BCUT2D eigenvalue weighted by atomic mass is 10.3. The summed E-state index contributed by atoms with van der Waals surface area (Å²) in [6, 6.07) is 6.99. The third-order valence-electron chi connectivity index (χ3n) is 3.48. The number of rotatable bonds is 8. The standard InChI is InChI=1S/C15H20N2OS/c1-2-15(18-8-1)10-16-6-7-17(14-3-4-14)11-13-5-9-19-12-13/h1-2,5,8-9,12,14,16H,3-4,6-7,10-11H2. The molecule has 0 bridgehead atoms. The summed E-state index contributed by atoms with van der Waals surface area (Å²) >= 11 is 1.79. The second-order valence-electron chi connectivity index (χ2n) is 5.09. The normalized spacial score (nSPS) is 15.2. The molecule has 1 aliphatic rings. The highest BCUT2D eigenvalue weighted by atomic mass is 32.1. The minimum atomic E-state index is 0.810. The van der Waals surface area contributed by atoms with Gasteiger partial charge in [0.1, 0.15) is 5.76 Å². The highest BCUT2D eigenvalue weighted by molar-refractivity contribution is 7.07. The number of hydrogen-bond acceptors (Lipinski definition) is 4. The van der Waals surface area contributed by atoms with Gasteiger partial charge in [0.05, 0.1) is 12.8 Å². The Balaban J connectivity index is 1.41. The van der Waals surface area contributed by atoms with Crippen LogP contribution in [0.15, 0.2) is 39.6 Å². The molecule has 3 nitrogen and oxygen atoms in total. The minimum Gasteiger partial charge on any atom is -0.468 e. The van der Waals surface area contributed by atoms with Crippen molar-refractivity contribution in [2.45, 2.75) is 32.0 Å². The van der Waals surface area contributed by atoms with E-state index in [2.05, 4.69) is 27.0 Å². The second-order valence-corrected chi connectivity index (χ2v) is 5.87. The maximum Gasteiger partial charge on any atom is 0.117 e. The van der Waals surface area contributed by atoms with E-state index in [1.54, 1.807) is 17.6 Å². The van der Waals surface area contributed by atoms with Gasteiger partial charge in [-0.1, -0.05) is 0 Å². The maximum absolute atomic E-state index is 5.31. The molecule has 1 N–H and O–H groups in total. The fraction of sp³-hybridized carbons (Fsp3) is 0.467. The van der Waals surface area contributed by atoms with Crippen LogP contribution in [0.4, 0.5) is 0 Å². The zero-order valence-electron chi connectivity index (χ0n) is 11.0. The smallest absolute Gasteiger partial charge is 0.117 e. The Kier molecular flexibility index (Phi) is 4.33. The van der Waals surface area contributed by atoms with Crippen molar-refractivity contribution in [2.24, 2.45) is 0 Å². The van der Waals surface area contributed by atoms with Crippen molar-refractivity contribution in [1.29, 1.82) is 0 Å². The Hall–Kier alpha value is -1.10. The van der Waals surface area contributed by atoms with Gasteiger partial charge in [-0.2, -0.15) is 11.3 Å². The zero-order chi connectivity index (χ0) is 12.9. The quantitative estimate of drug-likeness (QED) is 0.751. The number of nitrogens with one attached hydrogen (secondary N) is 1. The van der Waals surface area contributed by atoms with E-state index in [0.29, 0.717) is 0 Å². The Bertz CT molecular complexity index is 462. The van der Waals surface area contributed by atoms with Gasteiger partial charge in [-0.3, -0.25) is 4.90 Å². The lowest BCUT2D eigenvalue weighted by Crippen LogP contribution is -2.33. The number of furan rings is 1. The molecule has 1 saturated carbocycles. The Morgan fingerprint density at radius 1 is 1.37 bits per heavy atom. The van der Waals surface area contributed by atoms with Crippen LogP contribution in [0.3, 0.4) is 0 Å². The first-order chi connectivity index (χ1) is 9.42. The topological polar surface area (TPSA) is 28.4 Å². The highest BCUT2D eigenvalue weighted by Gasteiger charge is 2.28. The maximum atomic E-state index is 5.31. The van der Waals surface area contributed by atoms with Crippen molar-refractivity contribution in [3.63, 3.8) is 0 Å². The van der Waals surface area contributed by atoms with Crippen LogP contribution in [0, 0.1) is 0 Å². The summed E-state index contributed by atoms with van der Waals surface area (Å²) in [6.45, 7) is 4.04. The second kappa shape index (κ2) is 6.37. The lowest BCUT2D eigenvalue weighted by molar-refractivity contribution is 0.253. The SMILES string of the molecule is c1coc(CNCCN(Cc2ccsc2)C2CC2)c1. The van der Waals surface area contributed by atoms with Crippen molar-refractivity contribution in [2.75, 3.05) is 13.1 Å². The van der Waals surface area contributed by atoms with Crippen LogP contribution in [0.2, 0.25) is 0 Å². The van der Waals surface area contributed by atoms with Gasteiger partial charge in [-0.15, -0.1) is 0 Å². The van der Waals surface area contributed by atoms with Gasteiger partial charge in [0.2, 0.25) is 0 Å². The molecular formula is C15H20N2OS. The molecule has 0 radical (unpaired) electrons. The van der Waals surface area contributed by atoms with E-state index in [1.807, 2.05) is 12.1 Å². The monoisotopic (exact) mass is 276 g/mol. The van der Waals surface area contributed by atoms with Crippen molar-refractivity contribution in [1.82, 2.24) is 10.2 Å². The molecule has 0 spiro atoms. The molecule has 2 aromatic rings. The Morgan fingerprint density at radius 3 is 3.00 bits per heavy atom. The molecule has 2 aromatic heterocycles. The third-order valence-corrected chi connectivity index (χ3v) is 4.22. The van der Waals surface area contributed by atoms with E-state index in [0.717, 1.165) is 38.0 Å². The van der Waals surface area contributed by atoms with E-state index >= 15 is 0 Å². The molecule has 0 aromatic carbocycles. The van der Waals surface area contributed by atoms with Crippen LogP contribution in [0.5, 0.6) is 0 Å². The first-order valence-electron chi connectivity index (χ1n) is 6.90. The summed E-state index contributed by atoms with van der Waals surface area (Å²) in [6.07, 6.45) is 4.45. The summed E-state index contributed by atoms with van der Waals surface area (Å²) in [5.41, 5.74) is 1.45. The molecule has 4 heteroatoms. The molecule has 0 unspecified atom stereocenters. The average Bonchev–Trinajstić information content (AvgIpc) is 2.92. The molecule has 0 saturated heterocycles. The van der Waals surface area contributed by atoms with Gasteiger partial charge in [0.25, 0.3) is 0 Å². The number of nitrogens with zero attached hydrogens (tertiary/aromatic N) is 1. The van der Waals surface area contributed by atoms with Crippen LogP contribution in [-0.4, -0.2) is 24.0 Å². The van der Waals surface area contributed by atoms with Gasteiger partial charge >= 0.3 is 0 Å². The largest absolute Gasteiger partial charge is 0.468 e. The third kappa shape index (κ3) is 3.93. The van der Waals surface area contributed by atoms with Gasteiger partial charge in [-0.05, 0) is 47.4 Å². The lowest BCUT2D eigenvalue weighted by Gasteiger charge is -2.21. The molecule has 0 amide bonds. The molecule has 2 heterocycles. The fourth-order valence-corrected chi connectivity index (χ4v) is 2.95. The minimum absolute atomic E-state index is 0.810. The summed E-state index contributed by atoms with van der Waals surface area (Å²) in [5.74, 6) is 1.01. The van der Waals surface area contributed by atoms with Crippen LogP contribution in [-0.2, 0) is 13.1 Å². The molecule has 0 atom stereocenters. The highest BCUT2D eigenvalue weighted by Crippen LogP contribution is 2.28. The van der Waals surface area contributed by atoms with E-state index < -0.39 is 0 Å². The van der Waals surface area contributed by atoms with E-state index in [1.165, 1.54) is 18.4 Å². The summed E-state index contributed by atoms with van der Waals surface area (Å²) in [5, 5.41) is 7.87. The Morgan fingerprint density at radius 2 is 2.32 bits per heavy atom. The van der Waals surface area contributed by atoms with Gasteiger partial charge in [-0.25, -0.2) is 0 Å². The molecule has 0 aliphatic heterocycles. The summed E-state index contributed by atoms with van der Waals surface area (Å²) in [7, 11) is 0. The molecule has 1 fully saturated rings. The zero-order valence-corrected chi connectivity index (χ0v) is 11.9. The Labute approximate surface area is 118 Å². The molecular weight excluding hydrogens is 256 g/mol. The van der Waals surface area contributed by atoms with Gasteiger partial charge < -0.3 is 9.73 Å². The molecule has 1 aliphatic carbocycles. The summed E-state index contributed by atoms with van der Waals surface area (Å²) < 4.78 is 5.31. The van der Waals surface area contributed by atoms with Crippen LogP contribution in [0.1, 0.15) is 24.2 Å². The van der Waals surface area contributed by atoms with Crippen LogP contribution < -0.4 is 5.32 Å².